The molecular formula is C16H23ClN2. The van der Waals surface area contributed by atoms with E-state index in [4.69, 9.17) is 17.3 Å². The second kappa shape index (κ2) is 5.34. The molecule has 1 saturated carbocycles. The zero-order chi connectivity index (χ0) is 13.4. The van der Waals surface area contributed by atoms with Crippen LogP contribution in [-0.4, -0.2) is 18.6 Å². The van der Waals surface area contributed by atoms with E-state index < -0.39 is 0 Å². The van der Waals surface area contributed by atoms with E-state index in [0.717, 1.165) is 23.8 Å². The van der Waals surface area contributed by atoms with Crippen molar-refractivity contribution in [3.8, 4) is 0 Å². The maximum atomic E-state index is 6.49. The van der Waals surface area contributed by atoms with Crippen LogP contribution in [0.2, 0.25) is 5.02 Å². The fourth-order valence-electron chi connectivity index (χ4n) is 3.67. The SMILES string of the molecule is CCC(N)Cc1cccc(Cl)c1N1CC2CCC1C2. The molecule has 1 aromatic rings. The van der Waals surface area contributed by atoms with Crippen LogP contribution in [0.5, 0.6) is 0 Å². The Balaban J connectivity index is 1.91. The highest BCUT2D eigenvalue weighted by atomic mass is 35.5. The first-order chi connectivity index (χ1) is 9.19. The van der Waals surface area contributed by atoms with Crippen LogP contribution in [-0.2, 0) is 6.42 Å². The lowest BCUT2D eigenvalue weighted by Gasteiger charge is -2.32. The molecule has 1 aliphatic heterocycles. The van der Waals surface area contributed by atoms with Crippen molar-refractivity contribution in [3.63, 3.8) is 0 Å². The maximum Gasteiger partial charge on any atom is 0.0642 e. The van der Waals surface area contributed by atoms with E-state index in [0.29, 0.717) is 6.04 Å². The van der Waals surface area contributed by atoms with Crippen LogP contribution in [0.4, 0.5) is 5.69 Å². The fourth-order valence-corrected chi connectivity index (χ4v) is 3.97. The molecule has 2 N–H and O–H groups in total. The number of fused-ring (bicyclic) bond motifs is 2. The van der Waals surface area contributed by atoms with E-state index in [2.05, 4.69) is 24.0 Å². The quantitative estimate of drug-likeness (QED) is 0.912. The lowest BCUT2D eigenvalue weighted by molar-refractivity contribution is 0.551. The van der Waals surface area contributed by atoms with Gasteiger partial charge in [0, 0.05) is 18.6 Å². The first-order valence-electron chi connectivity index (χ1n) is 7.48. The molecule has 1 saturated heterocycles. The zero-order valence-corrected chi connectivity index (χ0v) is 12.4. The zero-order valence-electron chi connectivity index (χ0n) is 11.6. The van der Waals surface area contributed by atoms with Crippen molar-refractivity contribution in [3.05, 3.63) is 28.8 Å². The number of rotatable bonds is 4. The third kappa shape index (κ3) is 2.48. The Hall–Kier alpha value is -0.730. The normalized spacial score (nSPS) is 27.0. The molecule has 2 nitrogen and oxygen atoms in total. The fraction of sp³-hybridized carbons (Fsp3) is 0.625. The van der Waals surface area contributed by atoms with Gasteiger partial charge < -0.3 is 10.6 Å². The first kappa shape index (κ1) is 13.3. The maximum absolute atomic E-state index is 6.49. The summed E-state index contributed by atoms with van der Waals surface area (Å²) in [7, 11) is 0. The van der Waals surface area contributed by atoms with Crippen molar-refractivity contribution in [2.75, 3.05) is 11.4 Å². The standard InChI is InChI=1S/C16H23ClN2/c1-2-13(18)9-12-4-3-5-15(17)16(12)19-10-11-6-7-14(19)8-11/h3-5,11,13-14H,2,6-10,18H2,1H3. The lowest BCUT2D eigenvalue weighted by atomic mass is 10.0. The molecule has 3 heteroatoms. The van der Waals surface area contributed by atoms with E-state index in [1.807, 2.05) is 6.07 Å². The number of nitrogens with two attached hydrogens (primary N) is 1. The minimum absolute atomic E-state index is 0.233. The predicted molar refractivity (Wildman–Crippen MR) is 81.9 cm³/mol. The van der Waals surface area contributed by atoms with E-state index in [9.17, 15) is 0 Å². The Labute approximate surface area is 120 Å². The third-order valence-corrected chi connectivity index (χ3v) is 5.08. The summed E-state index contributed by atoms with van der Waals surface area (Å²) in [6.45, 7) is 3.33. The summed E-state index contributed by atoms with van der Waals surface area (Å²) in [6, 6.07) is 7.21. The molecule has 0 aromatic heterocycles. The van der Waals surface area contributed by atoms with Gasteiger partial charge in [0.05, 0.1) is 10.7 Å². The van der Waals surface area contributed by atoms with Gasteiger partial charge in [-0.3, -0.25) is 0 Å². The smallest absolute Gasteiger partial charge is 0.0642 e. The number of nitrogens with zero attached hydrogens (tertiary/aromatic N) is 1. The molecule has 2 aliphatic rings. The molecule has 19 heavy (non-hydrogen) atoms. The number of hydrogen-bond acceptors (Lipinski definition) is 2. The molecule has 3 atom stereocenters. The van der Waals surface area contributed by atoms with Crippen LogP contribution in [0.15, 0.2) is 18.2 Å². The molecule has 0 spiro atoms. The average molecular weight is 279 g/mol. The summed E-state index contributed by atoms with van der Waals surface area (Å²) in [6.07, 6.45) is 6.02. The highest BCUT2D eigenvalue weighted by molar-refractivity contribution is 6.33. The minimum Gasteiger partial charge on any atom is -0.367 e. The van der Waals surface area contributed by atoms with Crippen molar-refractivity contribution < 1.29 is 0 Å². The van der Waals surface area contributed by atoms with Gasteiger partial charge >= 0.3 is 0 Å². The van der Waals surface area contributed by atoms with E-state index >= 15 is 0 Å². The number of halogens is 1. The summed E-state index contributed by atoms with van der Waals surface area (Å²) in [5, 5.41) is 0.897. The molecule has 3 unspecified atom stereocenters. The van der Waals surface area contributed by atoms with Crippen LogP contribution in [0.25, 0.3) is 0 Å². The number of hydrogen-bond donors (Lipinski definition) is 1. The minimum atomic E-state index is 0.233. The monoisotopic (exact) mass is 278 g/mol. The summed E-state index contributed by atoms with van der Waals surface area (Å²) in [5.74, 6) is 0.883. The molecular weight excluding hydrogens is 256 g/mol. The Bertz CT molecular complexity index is 460. The molecule has 2 bridgehead atoms. The van der Waals surface area contributed by atoms with Gasteiger partial charge in [-0.25, -0.2) is 0 Å². The summed E-state index contributed by atoms with van der Waals surface area (Å²) in [5.41, 5.74) is 8.73. The van der Waals surface area contributed by atoms with E-state index in [-0.39, 0.29) is 6.04 Å². The van der Waals surface area contributed by atoms with Crippen molar-refractivity contribution in [2.24, 2.45) is 11.7 Å². The van der Waals surface area contributed by atoms with E-state index in [1.165, 1.54) is 37.1 Å². The van der Waals surface area contributed by atoms with Gasteiger partial charge in [0.1, 0.15) is 0 Å². The highest BCUT2D eigenvalue weighted by Crippen LogP contribution is 2.43. The van der Waals surface area contributed by atoms with Gasteiger partial charge in [0.15, 0.2) is 0 Å². The van der Waals surface area contributed by atoms with Crippen molar-refractivity contribution in [1.82, 2.24) is 0 Å². The first-order valence-corrected chi connectivity index (χ1v) is 7.86. The Kier molecular flexibility index (Phi) is 3.72. The number of benzene rings is 1. The summed E-state index contributed by atoms with van der Waals surface area (Å²) in [4.78, 5) is 2.55. The molecule has 1 aromatic carbocycles. The Morgan fingerprint density at radius 2 is 2.26 bits per heavy atom. The molecule has 1 aliphatic carbocycles. The second-order valence-electron chi connectivity index (χ2n) is 6.11. The Morgan fingerprint density at radius 1 is 1.42 bits per heavy atom. The number of piperidine rings is 1. The third-order valence-electron chi connectivity index (χ3n) is 4.77. The van der Waals surface area contributed by atoms with Crippen LogP contribution in [0.1, 0.15) is 38.2 Å². The van der Waals surface area contributed by atoms with Crippen LogP contribution in [0.3, 0.4) is 0 Å². The van der Waals surface area contributed by atoms with Crippen molar-refractivity contribution >= 4 is 17.3 Å². The van der Waals surface area contributed by atoms with Crippen LogP contribution in [0, 0.1) is 5.92 Å². The number of anilines is 1. The number of para-hydroxylation sites is 1. The molecule has 1 heterocycles. The topological polar surface area (TPSA) is 29.3 Å². The molecule has 2 fully saturated rings. The Morgan fingerprint density at radius 3 is 2.89 bits per heavy atom. The highest BCUT2D eigenvalue weighted by Gasteiger charge is 2.39. The van der Waals surface area contributed by atoms with Crippen LogP contribution < -0.4 is 10.6 Å². The largest absolute Gasteiger partial charge is 0.367 e. The summed E-state index contributed by atoms with van der Waals surface area (Å²) < 4.78 is 0. The molecule has 3 rings (SSSR count). The van der Waals surface area contributed by atoms with Gasteiger partial charge in [0.2, 0.25) is 0 Å². The molecule has 0 amide bonds. The van der Waals surface area contributed by atoms with Crippen molar-refractivity contribution in [1.29, 1.82) is 0 Å². The van der Waals surface area contributed by atoms with Gasteiger partial charge in [-0.1, -0.05) is 30.7 Å². The molecule has 0 radical (unpaired) electrons. The van der Waals surface area contributed by atoms with Gasteiger partial charge in [0.25, 0.3) is 0 Å². The lowest BCUT2D eigenvalue weighted by Crippen LogP contribution is -2.33. The van der Waals surface area contributed by atoms with Crippen molar-refractivity contribution in [2.45, 2.75) is 51.1 Å². The molecule has 104 valence electrons. The van der Waals surface area contributed by atoms with Gasteiger partial charge in [-0.2, -0.15) is 0 Å². The second-order valence-corrected chi connectivity index (χ2v) is 6.51. The van der Waals surface area contributed by atoms with E-state index in [1.54, 1.807) is 0 Å². The van der Waals surface area contributed by atoms with Gasteiger partial charge in [-0.15, -0.1) is 0 Å². The summed E-state index contributed by atoms with van der Waals surface area (Å²) >= 11 is 6.49. The average Bonchev–Trinajstić information content (AvgIpc) is 3.01. The predicted octanol–water partition coefficient (Wildman–Crippen LogP) is 3.61. The van der Waals surface area contributed by atoms with Gasteiger partial charge in [-0.05, 0) is 49.7 Å². The van der Waals surface area contributed by atoms with Crippen LogP contribution >= 0.6 is 11.6 Å².